The number of hydrogen-bond acceptors (Lipinski definition) is 4. The first-order valence-electron chi connectivity index (χ1n) is 5.85. The van der Waals surface area contributed by atoms with E-state index in [4.69, 9.17) is 14.2 Å². The standard InChI is InChI=1S/C13H19NO3/c1-15-9-17-13-7-12(16-2)6-3-10(13)8-14-11-4-5-11/h3,6-7,11,14H,4-5,8-9H2,1-2H3. The Morgan fingerprint density at radius 1 is 1.29 bits per heavy atom. The van der Waals surface area contributed by atoms with Crippen LogP contribution in [0.5, 0.6) is 11.5 Å². The quantitative estimate of drug-likeness (QED) is 0.736. The molecule has 0 heterocycles. The lowest BCUT2D eigenvalue weighted by molar-refractivity contribution is 0.0502. The minimum absolute atomic E-state index is 0.254. The molecule has 2 rings (SSSR count). The molecule has 0 aliphatic heterocycles. The zero-order valence-electron chi connectivity index (χ0n) is 10.4. The normalized spacial score (nSPS) is 14.7. The summed E-state index contributed by atoms with van der Waals surface area (Å²) < 4.78 is 15.7. The topological polar surface area (TPSA) is 39.7 Å². The van der Waals surface area contributed by atoms with E-state index in [-0.39, 0.29) is 6.79 Å². The molecule has 0 radical (unpaired) electrons. The van der Waals surface area contributed by atoms with Crippen LogP contribution < -0.4 is 14.8 Å². The van der Waals surface area contributed by atoms with Gasteiger partial charge in [0.25, 0.3) is 0 Å². The lowest BCUT2D eigenvalue weighted by atomic mass is 10.2. The highest BCUT2D eigenvalue weighted by Gasteiger charge is 2.20. The lowest BCUT2D eigenvalue weighted by Crippen LogP contribution is -2.16. The van der Waals surface area contributed by atoms with Crippen molar-refractivity contribution < 1.29 is 14.2 Å². The van der Waals surface area contributed by atoms with Crippen molar-refractivity contribution >= 4 is 0 Å². The maximum atomic E-state index is 5.54. The molecular formula is C13H19NO3. The molecule has 0 aromatic heterocycles. The third-order valence-electron chi connectivity index (χ3n) is 2.77. The van der Waals surface area contributed by atoms with Crippen LogP contribution in [0.4, 0.5) is 0 Å². The van der Waals surface area contributed by atoms with E-state index in [0.29, 0.717) is 6.04 Å². The molecule has 0 amide bonds. The number of ether oxygens (including phenoxy) is 3. The molecule has 4 nitrogen and oxygen atoms in total. The molecule has 0 spiro atoms. The molecule has 1 aliphatic carbocycles. The van der Waals surface area contributed by atoms with Crippen molar-refractivity contribution in [2.45, 2.75) is 25.4 Å². The van der Waals surface area contributed by atoms with E-state index >= 15 is 0 Å². The highest BCUT2D eigenvalue weighted by atomic mass is 16.7. The molecule has 4 heteroatoms. The van der Waals surface area contributed by atoms with Crippen molar-refractivity contribution in [3.63, 3.8) is 0 Å². The maximum Gasteiger partial charge on any atom is 0.188 e. The molecule has 1 aromatic rings. The van der Waals surface area contributed by atoms with E-state index in [1.165, 1.54) is 12.8 Å². The first kappa shape index (κ1) is 12.2. The van der Waals surface area contributed by atoms with Crippen LogP contribution in [-0.2, 0) is 11.3 Å². The fraction of sp³-hybridized carbons (Fsp3) is 0.538. The van der Waals surface area contributed by atoms with Gasteiger partial charge in [0.15, 0.2) is 6.79 Å². The highest BCUT2D eigenvalue weighted by Crippen LogP contribution is 2.26. The van der Waals surface area contributed by atoms with Gasteiger partial charge in [-0.15, -0.1) is 0 Å². The molecule has 1 aromatic carbocycles. The summed E-state index contributed by atoms with van der Waals surface area (Å²) in [5, 5.41) is 3.47. The van der Waals surface area contributed by atoms with Crippen LogP contribution in [-0.4, -0.2) is 27.1 Å². The van der Waals surface area contributed by atoms with Gasteiger partial charge < -0.3 is 19.5 Å². The summed E-state index contributed by atoms with van der Waals surface area (Å²) in [6.07, 6.45) is 2.56. The molecule has 94 valence electrons. The van der Waals surface area contributed by atoms with Crippen molar-refractivity contribution in [3.05, 3.63) is 23.8 Å². The number of rotatable bonds is 7. The lowest BCUT2D eigenvalue weighted by Gasteiger charge is -2.12. The molecule has 1 aliphatic rings. The Balaban J connectivity index is 2.03. The number of benzene rings is 1. The Hall–Kier alpha value is -1.26. The van der Waals surface area contributed by atoms with Crippen LogP contribution in [0, 0.1) is 0 Å². The zero-order valence-corrected chi connectivity index (χ0v) is 10.4. The fourth-order valence-corrected chi connectivity index (χ4v) is 1.61. The third-order valence-corrected chi connectivity index (χ3v) is 2.77. The van der Waals surface area contributed by atoms with E-state index in [1.54, 1.807) is 14.2 Å². The minimum atomic E-state index is 0.254. The SMILES string of the molecule is COCOc1cc(OC)ccc1CNC1CC1. The minimum Gasteiger partial charge on any atom is -0.497 e. The molecule has 0 saturated heterocycles. The number of hydrogen-bond donors (Lipinski definition) is 1. The van der Waals surface area contributed by atoms with E-state index in [9.17, 15) is 0 Å². The van der Waals surface area contributed by atoms with Gasteiger partial charge in [-0.1, -0.05) is 6.07 Å². The van der Waals surface area contributed by atoms with Gasteiger partial charge in [0.2, 0.25) is 0 Å². The van der Waals surface area contributed by atoms with Gasteiger partial charge >= 0.3 is 0 Å². The average molecular weight is 237 g/mol. The van der Waals surface area contributed by atoms with Gasteiger partial charge in [0.05, 0.1) is 7.11 Å². The van der Waals surface area contributed by atoms with Crippen molar-refractivity contribution in [1.29, 1.82) is 0 Å². The van der Waals surface area contributed by atoms with Crippen molar-refractivity contribution in [2.24, 2.45) is 0 Å². The van der Waals surface area contributed by atoms with Gasteiger partial charge in [-0.3, -0.25) is 0 Å². The van der Waals surface area contributed by atoms with Gasteiger partial charge in [-0.05, 0) is 18.9 Å². The zero-order chi connectivity index (χ0) is 12.1. The molecule has 1 fully saturated rings. The monoisotopic (exact) mass is 237 g/mol. The summed E-state index contributed by atoms with van der Waals surface area (Å²) in [7, 11) is 3.26. The van der Waals surface area contributed by atoms with Crippen LogP contribution in [0.1, 0.15) is 18.4 Å². The Bertz CT molecular complexity index is 364. The van der Waals surface area contributed by atoms with Crippen molar-refractivity contribution in [2.75, 3.05) is 21.0 Å². The summed E-state index contributed by atoms with van der Waals surface area (Å²) in [5.74, 6) is 1.62. The summed E-state index contributed by atoms with van der Waals surface area (Å²) in [5.41, 5.74) is 1.13. The van der Waals surface area contributed by atoms with Crippen LogP contribution in [0.15, 0.2) is 18.2 Å². The Morgan fingerprint density at radius 2 is 2.12 bits per heavy atom. The predicted molar refractivity (Wildman–Crippen MR) is 65.4 cm³/mol. The average Bonchev–Trinajstić information content (AvgIpc) is 3.18. The van der Waals surface area contributed by atoms with Crippen LogP contribution in [0.25, 0.3) is 0 Å². The number of methoxy groups -OCH3 is 2. The van der Waals surface area contributed by atoms with Gasteiger partial charge in [0.1, 0.15) is 11.5 Å². The van der Waals surface area contributed by atoms with Crippen LogP contribution in [0.3, 0.4) is 0 Å². The second-order valence-electron chi connectivity index (χ2n) is 4.18. The molecule has 0 atom stereocenters. The summed E-state index contributed by atoms with van der Waals surface area (Å²) in [6, 6.07) is 6.55. The van der Waals surface area contributed by atoms with Crippen molar-refractivity contribution in [1.82, 2.24) is 5.32 Å². The van der Waals surface area contributed by atoms with Crippen LogP contribution >= 0.6 is 0 Å². The highest BCUT2D eigenvalue weighted by molar-refractivity contribution is 5.40. The van der Waals surface area contributed by atoms with Gasteiger partial charge in [0, 0.05) is 31.3 Å². The van der Waals surface area contributed by atoms with Gasteiger partial charge in [-0.2, -0.15) is 0 Å². The maximum absolute atomic E-state index is 5.54. The van der Waals surface area contributed by atoms with Crippen LogP contribution in [0.2, 0.25) is 0 Å². The van der Waals surface area contributed by atoms with E-state index in [2.05, 4.69) is 5.32 Å². The largest absolute Gasteiger partial charge is 0.497 e. The molecule has 0 bridgehead atoms. The Morgan fingerprint density at radius 3 is 2.76 bits per heavy atom. The summed E-state index contributed by atoms with van der Waals surface area (Å²) >= 11 is 0. The summed E-state index contributed by atoms with van der Waals surface area (Å²) in [6.45, 7) is 1.08. The smallest absolute Gasteiger partial charge is 0.188 e. The molecular weight excluding hydrogens is 218 g/mol. The molecule has 1 N–H and O–H groups in total. The molecule has 17 heavy (non-hydrogen) atoms. The Kier molecular flexibility index (Phi) is 4.23. The van der Waals surface area contributed by atoms with E-state index in [1.807, 2.05) is 18.2 Å². The first-order chi connectivity index (χ1) is 8.33. The first-order valence-corrected chi connectivity index (χ1v) is 5.85. The fourth-order valence-electron chi connectivity index (χ4n) is 1.61. The molecule has 1 saturated carbocycles. The third kappa shape index (κ3) is 3.61. The van der Waals surface area contributed by atoms with E-state index < -0.39 is 0 Å². The van der Waals surface area contributed by atoms with Gasteiger partial charge in [-0.25, -0.2) is 0 Å². The second kappa shape index (κ2) is 5.89. The van der Waals surface area contributed by atoms with E-state index in [0.717, 1.165) is 23.6 Å². The molecule has 0 unspecified atom stereocenters. The van der Waals surface area contributed by atoms with Crippen molar-refractivity contribution in [3.8, 4) is 11.5 Å². The summed E-state index contributed by atoms with van der Waals surface area (Å²) in [4.78, 5) is 0. The predicted octanol–water partition coefficient (Wildman–Crippen LogP) is 1.93. The second-order valence-corrected chi connectivity index (χ2v) is 4.18. The number of nitrogens with one attached hydrogen (secondary N) is 1. The Labute approximate surface area is 102 Å².